The van der Waals surface area contributed by atoms with E-state index in [4.69, 9.17) is 0 Å². The molecule has 2 atom stereocenters. The van der Waals surface area contributed by atoms with Gasteiger partial charge < -0.3 is 0 Å². The fourth-order valence-electron chi connectivity index (χ4n) is 2.30. The average molecular weight is 122 g/mol. The second-order valence-electron chi connectivity index (χ2n) is 3.35. The summed E-state index contributed by atoms with van der Waals surface area (Å²) < 4.78 is 0. The van der Waals surface area contributed by atoms with Crippen molar-refractivity contribution in [3.8, 4) is 0 Å². The quantitative estimate of drug-likeness (QED) is 0.433. The first-order valence-corrected chi connectivity index (χ1v) is 4.07. The molecule has 0 nitrogen and oxygen atoms in total. The van der Waals surface area contributed by atoms with Crippen LogP contribution in [0, 0.1) is 11.8 Å². The molecule has 0 N–H and O–H groups in total. The van der Waals surface area contributed by atoms with E-state index in [1.54, 1.807) is 5.57 Å². The lowest BCUT2D eigenvalue weighted by atomic mass is 9.75. The maximum Gasteiger partial charge on any atom is -0.0175 e. The van der Waals surface area contributed by atoms with Gasteiger partial charge in [0.05, 0.1) is 0 Å². The molecule has 0 bridgehead atoms. The molecule has 0 heteroatoms. The molecule has 0 radical (unpaired) electrons. The maximum atomic E-state index is 2.34. The Balaban J connectivity index is 2.14. The molecule has 2 aliphatic carbocycles. The summed E-state index contributed by atoms with van der Waals surface area (Å²) in [6.07, 6.45) is 8.24. The SMILES string of the molecule is C/C=C1/CCC2CCC12. The molecule has 0 spiro atoms. The summed E-state index contributed by atoms with van der Waals surface area (Å²) in [5, 5.41) is 0. The first kappa shape index (κ1) is 5.52. The lowest BCUT2D eigenvalue weighted by Gasteiger charge is -2.30. The average Bonchev–Trinajstić information content (AvgIpc) is 2.07. The molecular formula is C9H14. The number of allylic oxidation sites excluding steroid dienone is 2. The Kier molecular flexibility index (Phi) is 1.14. The van der Waals surface area contributed by atoms with Crippen LogP contribution in [0.3, 0.4) is 0 Å². The minimum atomic E-state index is 1.04. The highest BCUT2D eigenvalue weighted by atomic mass is 14.4. The molecule has 9 heavy (non-hydrogen) atoms. The second-order valence-corrected chi connectivity index (χ2v) is 3.35. The normalized spacial score (nSPS) is 44.8. The zero-order valence-corrected chi connectivity index (χ0v) is 6.06. The highest BCUT2D eigenvalue weighted by Gasteiger charge is 2.37. The third-order valence-electron chi connectivity index (χ3n) is 3.07. The molecule has 0 heterocycles. The van der Waals surface area contributed by atoms with Gasteiger partial charge in [0.2, 0.25) is 0 Å². The van der Waals surface area contributed by atoms with Crippen LogP contribution in [0.4, 0.5) is 0 Å². The number of fused-ring (bicyclic) bond motifs is 1. The Bertz CT molecular complexity index is 144. The predicted octanol–water partition coefficient (Wildman–Crippen LogP) is 2.75. The first-order valence-electron chi connectivity index (χ1n) is 4.07. The van der Waals surface area contributed by atoms with E-state index in [0.717, 1.165) is 11.8 Å². The van der Waals surface area contributed by atoms with Gasteiger partial charge in [-0.3, -0.25) is 0 Å². The number of hydrogen-bond donors (Lipinski definition) is 0. The van der Waals surface area contributed by atoms with Crippen molar-refractivity contribution in [3.63, 3.8) is 0 Å². The minimum absolute atomic E-state index is 1.04. The van der Waals surface area contributed by atoms with Gasteiger partial charge in [-0.15, -0.1) is 0 Å². The summed E-state index contributed by atoms with van der Waals surface area (Å²) in [5.74, 6) is 2.14. The standard InChI is InChI=1S/C9H14/c1-2-7-3-4-8-5-6-9(7)8/h2,8-9H,3-6H2,1H3/b7-2-. The van der Waals surface area contributed by atoms with E-state index in [0.29, 0.717) is 0 Å². The van der Waals surface area contributed by atoms with Crippen LogP contribution in [0.25, 0.3) is 0 Å². The van der Waals surface area contributed by atoms with Crippen molar-refractivity contribution >= 4 is 0 Å². The summed E-state index contributed by atoms with van der Waals surface area (Å²) in [7, 11) is 0. The van der Waals surface area contributed by atoms with E-state index in [1.807, 2.05) is 0 Å². The van der Waals surface area contributed by atoms with Gasteiger partial charge in [-0.25, -0.2) is 0 Å². The van der Waals surface area contributed by atoms with Crippen LogP contribution < -0.4 is 0 Å². The highest BCUT2D eigenvalue weighted by molar-refractivity contribution is 5.16. The van der Waals surface area contributed by atoms with Gasteiger partial charge in [0.15, 0.2) is 0 Å². The smallest absolute Gasteiger partial charge is 0.0175 e. The number of rotatable bonds is 0. The van der Waals surface area contributed by atoms with Crippen molar-refractivity contribution in [2.45, 2.75) is 32.6 Å². The molecule has 2 aliphatic rings. The van der Waals surface area contributed by atoms with Crippen molar-refractivity contribution in [1.82, 2.24) is 0 Å². The van der Waals surface area contributed by atoms with Gasteiger partial charge in [-0.1, -0.05) is 11.6 Å². The molecule has 2 unspecified atom stereocenters. The molecular weight excluding hydrogens is 108 g/mol. The minimum Gasteiger partial charge on any atom is -0.0882 e. The summed E-state index contributed by atoms with van der Waals surface area (Å²) in [6, 6.07) is 0. The molecule has 0 aromatic rings. The van der Waals surface area contributed by atoms with E-state index < -0.39 is 0 Å². The fourth-order valence-corrected chi connectivity index (χ4v) is 2.30. The van der Waals surface area contributed by atoms with E-state index in [9.17, 15) is 0 Å². The van der Waals surface area contributed by atoms with Gasteiger partial charge in [-0.05, 0) is 44.4 Å². The first-order chi connectivity index (χ1) is 4.42. The Hall–Kier alpha value is -0.260. The zero-order valence-electron chi connectivity index (χ0n) is 6.06. The fraction of sp³-hybridized carbons (Fsp3) is 0.778. The lowest BCUT2D eigenvalue weighted by Crippen LogP contribution is -2.20. The maximum absolute atomic E-state index is 2.34. The molecule has 0 aliphatic heterocycles. The van der Waals surface area contributed by atoms with Crippen molar-refractivity contribution < 1.29 is 0 Å². The van der Waals surface area contributed by atoms with Crippen molar-refractivity contribution in [1.29, 1.82) is 0 Å². The molecule has 0 amide bonds. The molecule has 2 rings (SSSR count). The summed E-state index contributed by atoms with van der Waals surface area (Å²) in [4.78, 5) is 0. The lowest BCUT2D eigenvalue weighted by molar-refractivity contribution is 0.247. The summed E-state index contributed by atoms with van der Waals surface area (Å²) in [5.41, 5.74) is 1.76. The highest BCUT2D eigenvalue weighted by Crippen LogP contribution is 2.49. The van der Waals surface area contributed by atoms with E-state index in [1.165, 1.54) is 25.7 Å². The van der Waals surface area contributed by atoms with Crippen LogP contribution in [-0.2, 0) is 0 Å². The van der Waals surface area contributed by atoms with Crippen LogP contribution in [0.1, 0.15) is 32.6 Å². The van der Waals surface area contributed by atoms with E-state index >= 15 is 0 Å². The number of hydrogen-bond acceptors (Lipinski definition) is 0. The predicted molar refractivity (Wildman–Crippen MR) is 39.2 cm³/mol. The Morgan fingerprint density at radius 3 is 2.56 bits per heavy atom. The van der Waals surface area contributed by atoms with Crippen LogP contribution in [-0.4, -0.2) is 0 Å². The zero-order chi connectivity index (χ0) is 6.27. The molecule has 0 aromatic heterocycles. The van der Waals surface area contributed by atoms with Crippen LogP contribution in [0.15, 0.2) is 11.6 Å². The Morgan fingerprint density at radius 1 is 1.33 bits per heavy atom. The Labute approximate surface area is 57.0 Å². The van der Waals surface area contributed by atoms with Crippen LogP contribution >= 0.6 is 0 Å². The second kappa shape index (κ2) is 1.86. The van der Waals surface area contributed by atoms with Gasteiger partial charge in [-0.2, -0.15) is 0 Å². The topological polar surface area (TPSA) is 0 Å². The summed E-state index contributed by atoms with van der Waals surface area (Å²) in [6.45, 7) is 2.19. The van der Waals surface area contributed by atoms with Crippen molar-refractivity contribution in [2.24, 2.45) is 11.8 Å². The van der Waals surface area contributed by atoms with Crippen LogP contribution in [0.5, 0.6) is 0 Å². The third kappa shape index (κ3) is 0.654. The Morgan fingerprint density at radius 2 is 2.22 bits per heavy atom. The third-order valence-corrected chi connectivity index (χ3v) is 3.07. The molecule has 2 fully saturated rings. The largest absolute Gasteiger partial charge is 0.0882 e. The van der Waals surface area contributed by atoms with Crippen molar-refractivity contribution in [3.05, 3.63) is 11.6 Å². The van der Waals surface area contributed by atoms with Gasteiger partial charge in [0.25, 0.3) is 0 Å². The van der Waals surface area contributed by atoms with Crippen LogP contribution in [0.2, 0.25) is 0 Å². The van der Waals surface area contributed by atoms with Gasteiger partial charge in [0.1, 0.15) is 0 Å². The molecule has 0 aromatic carbocycles. The summed E-state index contributed by atoms with van der Waals surface area (Å²) >= 11 is 0. The molecule has 0 saturated heterocycles. The molecule has 50 valence electrons. The van der Waals surface area contributed by atoms with Gasteiger partial charge >= 0.3 is 0 Å². The van der Waals surface area contributed by atoms with E-state index in [2.05, 4.69) is 13.0 Å². The monoisotopic (exact) mass is 122 g/mol. The van der Waals surface area contributed by atoms with E-state index in [-0.39, 0.29) is 0 Å². The van der Waals surface area contributed by atoms with Gasteiger partial charge in [0, 0.05) is 0 Å². The van der Waals surface area contributed by atoms with Crippen molar-refractivity contribution in [2.75, 3.05) is 0 Å². The molecule has 2 saturated carbocycles.